The summed E-state index contributed by atoms with van der Waals surface area (Å²) in [6.45, 7) is 18.2. The van der Waals surface area contributed by atoms with E-state index in [2.05, 4.69) is 33.6 Å². The second-order valence-electron chi connectivity index (χ2n) is 10.1. The number of piperazine rings is 3. The molecule has 228 valence electrons. The molecular formula is C28H69N6O3+. The third kappa shape index (κ3) is 13.7. The van der Waals surface area contributed by atoms with E-state index in [1.54, 1.807) is 0 Å². The van der Waals surface area contributed by atoms with Crippen LogP contribution in [0.1, 0.15) is 57.9 Å². The Kier molecular flexibility index (Phi) is 23.5. The zero-order valence-electron chi connectivity index (χ0n) is 19.9. The lowest BCUT2D eigenvalue weighted by Crippen LogP contribution is -2.64. The van der Waals surface area contributed by atoms with Gasteiger partial charge in [-0.1, -0.05) is 51.5 Å². The normalized spacial score (nSPS) is 21.9. The number of carboxylic acid groups (broad SMARTS) is 1. The topological polar surface area (TPSA) is 73.3 Å². The van der Waals surface area contributed by atoms with E-state index in [1.165, 1.54) is 13.0 Å². The Labute approximate surface area is 232 Å². The van der Waals surface area contributed by atoms with Gasteiger partial charge < -0.3 is 24.3 Å². The molecule has 3 fully saturated rings. The number of hydrogen-bond donors (Lipinski definition) is 1. The highest BCUT2D eigenvalue weighted by molar-refractivity contribution is 5.67. The molecule has 9 heteroatoms. The summed E-state index contributed by atoms with van der Waals surface area (Å²) in [6.07, 6.45) is 1.21. The molecule has 0 aromatic heterocycles. The van der Waals surface area contributed by atoms with Gasteiger partial charge in [0.15, 0.2) is 6.54 Å². The van der Waals surface area contributed by atoms with Gasteiger partial charge in [-0.3, -0.25) is 14.7 Å². The first-order valence-corrected chi connectivity index (χ1v) is 12.3. The van der Waals surface area contributed by atoms with Crippen LogP contribution in [0.15, 0.2) is 0 Å². The van der Waals surface area contributed by atoms with Crippen LogP contribution in [0.4, 0.5) is 0 Å². The zero-order chi connectivity index (χ0) is 22.3. The Bertz CT molecular complexity index is 556. The van der Waals surface area contributed by atoms with Crippen molar-refractivity contribution in [2.24, 2.45) is 0 Å². The number of likely N-dealkylation sites (N-methyl/N-ethyl adjacent to an activating group) is 1. The molecule has 0 unspecified atom stereocenters. The number of aliphatic carboxylic acids is 1. The lowest BCUT2D eigenvalue weighted by molar-refractivity contribution is -0.925. The summed E-state index contributed by atoms with van der Waals surface area (Å²) in [5.74, 6) is -0.692. The van der Waals surface area contributed by atoms with Gasteiger partial charge in [0.05, 0.1) is 39.3 Å². The summed E-state index contributed by atoms with van der Waals surface area (Å²) in [4.78, 5) is 21.3. The van der Waals surface area contributed by atoms with E-state index >= 15 is 0 Å². The van der Waals surface area contributed by atoms with Crippen molar-refractivity contribution in [2.75, 3.05) is 125 Å². The van der Waals surface area contributed by atoms with E-state index in [1.807, 2.05) is 0 Å². The van der Waals surface area contributed by atoms with Gasteiger partial charge in [-0.2, -0.15) is 0 Å². The van der Waals surface area contributed by atoms with Crippen molar-refractivity contribution in [2.45, 2.75) is 57.9 Å². The molecule has 0 spiro atoms. The molecule has 1 N–H and O–H groups in total. The van der Waals surface area contributed by atoms with Crippen molar-refractivity contribution in [1.29, 1.82) is 0 Å². The van der Waals surface area contributed by atoms with Gasteiger partial charge in [0.2, 0.25) is 0 Å². The molecule has 0 saturated carbocycles. The highest BCUT2D eigenvalue weighted by Crippen LogP contribution is 2.16. The van der Waals surface area contributed by atoms with E-state index in [4.69, 9.17) is 0 Å². The summed E-state index contributed by atoms with van der Waals surface area (Å²) in [7, 11) is 2.08. The Morgan fingerprint density at radius 3 is 1.59 bits per heavy atom. The van der Waals surface area contributed by atoms with E-state index in [0.717, 1.165) is 85.1 Å². The molecule has 3 rings (SSSR count). The molecule has 0 bridgehead atoms. The average Bonchev–Trinajstić information content (AvgIpc) is 2.75. The Morgan fingerprint density at radius 2 is 1.14 bits per heavy atom. The molecule has 0 radical (unpaired) electrons. The van der Waals surface area contributed by atoms with Crippen molar-refractivity contribution >= 4 is 5.97 Å². The Balaban J connectivity index is -0.000000907. The van der Waals surface area contributed by atoms with Gasteiger partial charge >= 0.3 is 5.97 Å². The second kappa shape index (κ2) is 20.1. The fourth-order valence-corrected chi connectivity index (χ4v) is 5.29. The number of rotatable bonds is 10. The van der Waals surface area contributed by atoms with Gasteiger partial charge in [0, 0.05) is 65.4 Å². The summed E-state index contributed by atoms with van der Waals surface area (Å²) >= 11 is 0. The van der Waals surface area contributed by atoms with Crippen molar-refractivity contribution in [1.82, 2.24) is 19.6 Å². The maximum Gasteiger partial charge on any atom is 0.359 e. The standard InChI is InChI=1S/C22H44N6O3.6CH4/c1-3-4-24-5-7-25(8-6-24)11-15-27(21-22(29)30)16-12-26(13-17-27)14-20-28(31)18-9-23(2)10-19-28;;;;;;/h3-21H2,1-2H3;6*1H4/p+1. The van der Waals surface area contributed by atoms with Crippen LogP contribution >= 0.6 is 0 Å². The second-order valence-corrected chi connectivity index (χ2v) is 10.1. The minimum absolute atomic E-state index is 0. The summed E-state index contributed by atoms with van der Waals surface area (Å²) < 4.78 is 0.614. The molecule has 0 aromatic carbocycles. The van der Waals surface area contributed by atoms with Crippen molar-refractivity contribution in [3.05, 3.63) is 5.21 Å². The number of nitrogens with zero attached hydrogens (tertiary/aromatic N) is 6. The third-order valence-corrected chi connectivity index (χ3v) is 7.75. The van der Waals surface area contributed by atoms with Crippen LogP contribution in [0.3, 0.4) is 0 Å². The van der Waals surface area contributed by atoms with E-state index < -0.39 is 5.97 Å². The Morgan fingerprint density at radius 1 is 0.703 bits per heavy atom. The third-order valence-electron chi connectivity index (χ3n) is 7.75. The van der Waals surface area contributed by atoms with Crippen LogP contribution in [0.25, 0.3) is 0 Å². The molecule has 3 heterocycles. The van der Waals surface area contributed by atoms with E-state index in [-0.39, 0.29) is 55.8 Å². The number of quaternary nitrogens is 2. The van der Waals surface area contributed by atoms with Crippen LogP contribution < -0.4 is 0 Å². The number of hydrogen-bond acceptors (Lipinski definition) is 6. The molecule has 37 heavy (non-hydrogen) atoms. The van der Waals surface area contributed by atoms with Gasteiger partial charge in [-0.05, 0) is 20.0 Å². The molecular weight excluding hydrogens is 468 g/mol. The first-order chi connectivity index (χ1) is 14.8. The van der Waals surface area contributed by atoms with E-state index in [0.29, 0.717) is 24.1 Å². The smallest absolute Gasteiger partial charge is 0.359 e. The number of hydroxylamine groups is 3. The molecule has 0 aliphatic carbocycles. The van der Waals surface area contributed by atoms with Crippen LogP contribution in [-0.2, 0) is 4.79 Å². The van der Waals surface area contributed by atoms with Gasteiger partial charge in [0.25, 0.3) is 0 Å². The minimum Gasteiger partial charge on any atom is -0.633 e. The molecule has 3 aliphatic heterocycles. The van der Waals surface area contributed by atoms with Gasteiger partial charge in [-0.25, -0.2) is 4.79 Å². The first-order valence-electron chi connectivity index (χ1n) is 12.3. The van der Waals surface area contributed by atoms with Crippen molar-refractivity contribution < 1.29 is 19.0 Å². The molecule has 9 nitrogen and oxygen atoms in total. The summed E-state index contributed by atoms with van der Waals surface area (Å²) in [5, 5.41) is 22.5. The SMILES string of the molecule is C.C.C.C.C.C.CCCN1CCN(CC[N+]2(CC(=O)O)CCN(CC[N+]3([O-])CCN(C)CC3)CC2)CC1. The molecule has 0 amide bonds. The predicted octanol–water partition coefficient (Wildman–Crippen LogP) is 3.31. The molecule has 0 atom stereocenters. The summed E-state index contributed by atoms with van der Waals surface area (Å²) in [5.41, 5.74) is 0. The van der Waals surface area contributed by atoms with Crippen LogP contribution in [-0.4, -0.2) is 165 Å². The number of carbonyl (C=O) groups is 1. The zero-order valence-corrected chi connectivity index (χ0v) is 19.9. The maximum atomic E-state index is 12.9. The highest BCUT2D eigenvalue weighted by Gasteiger charge is 2.36. The lowest BCUT2D eigenvalue weighted by Gasteiger charge is -2.49. The minimum atomic E-state index is -0.692. The van der Waals surface area contributed by atoms with Crippen LogP contribution in [0.2, 0.25) is 0 Å². The predicted molar refractivity (Wildman–Crippen MR) is 163 cm³/mol. The average molecular weight is 538 g/mol. The van der Waals surface area contributed by atoms with Gasteiger partial charge in [0.1, 0.15) is 0 Å². The molecule has 3 saturated heterocycles. The first kappa shape index (κ1) is 43.2. The Hall–Kier alpha value is -0.810. The van der Waals surface area contributed by atoms with Crippen LogP contribution in [0.5, 0.6) is 0 Å². The summed E-state index contributed by atoms with van der Waals surface area (Å²) in [6, 6.07) is 0. The fraction of sp³-hybridized carbons (Fsp3) is 0.964. The van der Waals surface area contributed by atoms with E-state index in [9.17, 15) is 15.1 Å². The largest absolute Gasteiger partial charge is 0.633 e. The fourth-order valence-electron chi connectivity index (χ4n) is 5.29. The monoisotopic (exact) mass is 538 g/mol. The molecule has 0 aromatic rings. The van der Waals surface area contributed by atoms with Crippen molar-refractivity contribution in [3.63, 3.8) is 0 Å². The lowest BCUT2D eigenvalue weighted by atomic mass is 10.2. The highest BCUT2D eigenvalue weighted by atomic mass is 16.5. The quantitative estimate of drug-likeness (QED) is 0.339. The van der Waals surface area contributed by atoms with Crippen LogP contribution in [0, 0.1) is 5.21 Å². The molecule has 3 aliphatic rings. The number of carboxylic acids is 1. The van der Waals surface area contributed by atoms with Crippen molar-refractivity contribution in [3.8, 4) is 0 Å². The van der Waals surface area contributed by atoms with Gasteiger partial charge in [-0.15, -0.1) is 0 Å². The maximum absolute atomic E-state index is 12.9.